The molecule has 0 aromatic carbocycles. The fourth-order valence-electron chi connectivity index (χ4n) is 1.75. The number of pyridine rings is 1. The predicted octanol–water partition coefficient (Wildman–Crippen LogP) is 3.41. The normalized spacial score (nSPS) is 10.9. The minimum atomic E-state index is -0.973. The molecule has 1 N–H and O–H groups in total. The molecule has 0 fully saturated rings. The first-order valence-electron chi connectivity index (χ1n) is 5.11. The summed E-state index contributed by atoms with van der Waals surface area (Å²) in [5, 5.41) is 11.3. The molecule has 0 atom stereocenters. The van der Waals surface area contributed by atoms with Crippen LogP contribution in [0.15, 0.2) is 35.8 Å². The molecule has 3 aromatic heterocycles. The van der Waals surface area contributed by atoms with Gasteiger partial charge in [0.2, 0.25) is 0 Å². The van der Waals surface area contributed by atoms with Crippen LogP contribution in [-0.2, 0) is 0 Å². The van der Waals surface area contributed by atoms with Crippen molar-refractivity contribution in [1.29, 1.82) is 0 Å². The lowest BCUT2D eigenvalue weighted by Gasteiger charge is -2.00. The van der Waals surface area contributed by atoms with E-state index in [-0.39, 0.29) is 5.56 Å². The van der Waals surface area contributed by atoms with Crippen LogP contribution in [0, 0.1) is 0 Å². The number of hydrogen-bond donors (Lipinski definition) is 1. The van der Waals surface area contributed by atoms with E-state index in [1.165, 1.54) is 23.6 Å². The summed E-state index contributed by atoms with van der Waals surface area (Å²) in [7, 11) is 0. The second-order valence-corrected chi connectivity index (χ2v) is 4.99. The molecule has 0 spiro atoms. The SMILES string of the molecule is O=C(O)c1ccc2c(Cl)nc(-c3cccs3)n2c1. The average Bonchev–Trinajstić information content (AvgIpc) is 2.97. The summed E-state index contributed by atoms with van der Waals surface area (Å²) >= 11 is 7.58. The monoisotopic (exact) mass is 278 g/mol. The van der Waals surface area contributed by atoms with E-state index in [9.17, 15) is 4.79 Å². The van der Waals surface area contributed by atoms with Crippen molar-refractivity contribution in [3.05, 3.63) is 46.6 Å². The zero-order chi connectivity index (χ0) is 12.7. The van der Waals surface area contributed by atoms with Crippen LogP contribution in [0.25, 0.3) is 16.2 Å². The summed E-state index contributed by atoms with van der Waals surface area (Å²) in [5.74, 6) is -0.313. The molecule has 0 aliphatic heterocycles. The summed E-state index contributed by atoms with van der Waals surface area (Å²) in [6.45, 7) is 0. The summed E-state index contributed by atoms with van der Waals surface area (Å²) in [4.78, 5) is 16.2. The Bertz CT molecular complexity index is 734. The summed E-state index contributed by atoms with van der Waals surface area (Å²) in [5.41, 5.74) is 0.902. The Balaban J connectivity index is 2.32. The van der Waals surface area contributed by atoms with E-state index in [4.69, 9.17) is 16.7 Å². The first-order valence-corrected chi connectivity index (χ1v) is 6.37. The molecular formula is C12H7ClN2O2S. The third kappa shape index (κ3) is 1.68. The fraction of sp³-hybridized carbons (Fsp3) is 0. The quantitative estimate of drug-likeness (QED) is 0.781. The van der Waals surface area contributed by atoms with Crippen LogP contribution in [0.2, 0.25) is 5.15 Å². The lowest BCUT2D eigenvalue weighted by atomic mass is 10.3. The highest BCUT2D eigenvalue weighted by Crippen LogP contribution is 2.29. The Morgan fingerprint density at radius 2 is 2.22 bits per heavy atom. The van der Waals surface area contributed by atoms with Crippen molar-refractivity contribution in [2.24, 2.45) is 0 Å². The van der Waals surface area contributed by atoms with E-state index in [1.54, 1.807) is 10.5 Å². The van der Waals surface area contributed by atoms with Gasteiger partial charge in [0.1, 0.15) is 0 Å². The highest BCUT2D eigenvalue weighted by molar-refractivity contribution is 7.13. The van der Waals surface area contributed by atoms with Crippen molar-refractivity contribution in [2.45, 2.75) is 0 Å². The number of aromatic carboxylic acids is 1. The molecule has 0 aliphatic carbocycles. The molecule has 0 bridgehead atoms. The minimum Gasteiger partial charge on any atom is -0.478 e. The van der Waals surface area contributed by atoms with Crippen LogP contribution in [-0.4, -0.2) is 20.5 Å². The van der Waals surface area contributed by atoms with E-state index in [0.29, 0.717) is 16.5 Å². The Morgan fingerprint density at radius 1 is 1.39 bits per heavy atom. The molecule has 0 radical (unpaired) electrons. The number of thiophene rings is 1. The third-order valence-corrected chi connectivity index (χ3v) is 3.72. The van der Waals surface area contributed by atoms with Gasteiger partial charge in [-0.2, -0.15) is 0 Å². The Labute approximate surface area is 111 Å². The molecule has 3 aromatic rings. The first kappa shape index (κ1) is 11.3. The van der Waals surface area contributed by atoms with Crippen molar-refractivity contribution in [2.75, 3.05) is 0 Å². The molecule has 3 rings (SSSR count). The highest BCUT2D eigenvalue weighted by atomic mass is 35.5. The summed E-state index contributed by atoms with van der Waals surface area (Å²) < 4.78 is 1.71. The van der Waals surface area contributed by atoms with E-state index in [2.05, 4.69) is 4.98 Å². The number of imidazole rings is 1. The molecule has 0 unspecified atom stereocenters. The van der Waals surface area contributed by atoms with Gasteiger partial charge in [-0.25, -0.2) is 9.78 Å². The van der Waals surface area contributed by atoms with Gasteiger partial charge in [-0.15, -0.1) is 11.3 Å². The van der Waals surface area contributed by atoms with Crippen LogP contribution in [0.1, 0.15) is 10.4 Å². The zero-order valence-electron chi connectivity index (χ0n) is 9.00. The van der Waals surface area contributed by atoms with Crippen LogP contribution >= 0.6 is 22.9 Å². The van der Waals surface area contributed by atoms with Crippen molar-refractivity contribution >= 4 is 34.4 Å². The minimum absolute atomic E-state index is 0.203. The van der Waals surface area contributed by atoms with E-state index < -0.39 is 5.97 Å². The number of carboxylic acid groups (broad SMARTS) is 1. The maximum atomic E-state index is 11.0. The van der Waals surface area contributed by atoms with Gasteiger partial charge in [-0.05, 0) is 23.6 Å². The number of carbonyl (C=O) groups is 1. The third-order valence-electron chi connectivity index (χ3n) is 2.58. The van der Waals surface area contributed by atoms with Gasteiger partial charge in [0, 0.05) is 6.20 Å². The van der Waals surface area contributed by atoms with Gasteiger partial charge in [0.05, 0.1) is 16.0 Å². The first-order chi connectivity index (χ1) is 8.66. The average molecular weight is 279 g/mol. The van der Waals surface area contributed by atoms with Gasteiger partial charge in [0.25, 0.3) is 0 Å². The summed E-state index contributed by atoms with van der Waals surface area (Å²) in [6, 6.07) is 7.01. The van der Waals surface area contributed by atoms with Crippen molar-refractivity contribution in [3.63, 3.8) is 0 Å². The second-order valence-electron chi connectivity index (χ2n) is 3.68. The van der Waals surface area contributed by atoms with Crippen LogP contribution < -0.4 is 0 Å². The topological polar surface area (TPSA) is 54.6 Å². The van der Waals surface area contributed by atoms with Gasteiger partial charge in [0.15, 0.2) is 11.0 Å². The number of aromatic nitrogens is 2. The lowest BCUT2D eigenvalue weighted by Crippen LogP contribution is -1.99. The van der Waals surface area contributed by atoms with E-state index in [1.807, 2.05) is 17.5 Å². The second kappa shape index (κ2) is 4.12. The molecule has 90 valence electrons. The van der Waals surface area contributed by atoms with E-state index in [0.717, 1.165) is 4.88 Å². The van der Waals surface area contributed by atoms with Gasteiger partial charge < -0.3 is 5.11 Å². The molecule has 6 heteroatoms. The van der Waals surface area contributed by atoms with Crippen molar-refractivity contribution in [3.8, 4) is 10.7 Å². The Kier molecular flexibility index (Phi) is 2.57. The molecule has 0 aliphatic rings. The number of rotatable bonds is 2. The fourth-order valence-corrected chi connectivity index (χ4v) is 2.70. The van der Waals surface area contributed by atoms with Gasteiger partial charge in [-0.3, -0.25) is 4.40 Å². The Hall–Kier alpha value is -1.85. The lowest BCUT2D eigenvalue weighted by molar-refractivity contribution is 0.0696. The molecule has 4 nitrogen and oxygen atoms in total. The van der Waals surface area contributed by atoms with Crippen molar-refractivity contribution in [1.82, 2.24) is 9.38 Å². The number of hydrogen-bond acceptors (Lipinski definition) is 3. The number of carboxylic acids is 1. The maximum Gasteiger partial charge on any atom is 0.337 e. The largest absolute Gasteiger partial charge is 0.478 e. The maximum absolute atomic E-state index is 11.0. The Morgan fingerprint density at radius 3 is 2.89 bits per heavy atom. The number of nitrogens with zero attached hydrogens (tertiary/aromatic N) is 2. The molecule has 18 heavy (non-hydrogen) atoms. The smallest absolute Gasteiger partial charge is 0.337 e. The number of halogens is 1. The number of fused-ring (bicyclic) bond motifs is 1. The molecular weight excluding hydrogens is 272 g/mol. The van der Waals surface area contributed by atoms with E-state index >= 15 is 0 Å². The highest BCUT2D eigenvalue weighted by Gasteiger charge is 2.14. The van der Waals surface area contributed by atoms with Gasteiger partial charge >= 0.3 is 5.97 Å². The van der Waals surface area contributed by atoms with Crippen LogP contribution in [0.3, 0.4) is 0 Å². The standard InChI is InChI=1S/C12H7ClN2O2S/c13-10-8-4-3-7(12(16)17)6-15(8)11(14-10)9-2-1-5-18-9/h1-6H,(H,16,17). The van der Waals surface area contributed by atoms with Crippen LogP contribution in [0.5, 0.6) is 0 Å². The molecule has 3 heterocycles. The molecule has 0 saturated carbocycles. The predicted molar refractivity (Wildman–Crippen MR) is 70.5 cm³/mol. The summed E-state index contributed by atoms with van der Waals surface area (Å²) in [6.07, 6.45) is 1.53. The zero-order valence-corrected chi connectivity index (χ0v) is 10.6. The van der Waals surface area contributed by atoms with Crippen LogP contribution in [0.4, 0.5) is 0 Å². The molecule has 0 saturated heterocycles. The van der Waals surface area contributed by atoms with Gasteiger partial charge in [-0.1, -0.05) is 17.7 Å². The van der Waals surface area contributed by atoms with Crippen molar-refractivity contribution < 1.29 is 9.90 Å². The molecule has 0 amide bonds.